The van der Waals surface area contributed by atoms with Gasteiger partial charge in [0, 0.05) is 0 Å². The topological polar surface area (TPSA) is 59.4 Å². The Labute approximate surface area is 91.8 Å². The molecule has 0 amide bonds. The number of carboxylic acids is 1. The van der Waals surface area contributed by atoms with Crippen LogP contribution in [0.2, 0.25) is 5.15 Å². The van der Waals surface area contributed by atoms with Gasteiger partial charge in [-0.25, -0.2) is 4.98 Å². The quantitative estimate of drug-likeness (QED) is 0.786. The van der Waals surface area contributed by atoms with Gasteiger partial charge in [-0.3, -0.25) is 4.79 Å². The highest BCUT2D eigenvalue weighted by atomic mass is 35.5. The van der Waals surface area contributed by atoms with Crippen molar-refractivity contribution in [3.8, 4) is 5.75 Å². The Hall–Kier alpha value is -1.29. The summed E-state index contributed by atoms with van der Waals surface area (Å²) in [7, 11) is 0. The third kappa shape index (κ3) is 1.90. The largest absolute Gasteiger partial charge is 0.488 e. The number of hydrogen-bond donors (Lipinski definition) is 1. The molecule has 15 heavy (non-hydrogen) atoms. The van der Waals surface area contributed by atoms with Gasteiger partial charge in [0.05, 0.1) is 18.0 Å². The fourth-order valence-electron chi connectivity index (χ4n) is 1.76. The smallest absolute Gasteiger partial charge is 0.304 e. The predicted octanol–water partition coefficient (Wildman–Crippen LogP) is 2.07. The number of pyridine rings is 1. The monoisotopic (exact) mass is 227 g/mol. The second-order valence-corrected chi connectivity index (χ2v) is 3.93. The molecule has 0 spiro atoms. The van der Waals surface area contributed by atoms with Crippen LogP contribution in [0.5, 0.6) is 5.75 Å². The maximum Gasteiger partial charge on any atom is 0.304 e. The van der Waals surface area contributed by atoms with Crippen molar-refractivity contribution in [2.45, 2.75) is 25.4 Å². The van der Waals surface area contributed by atoms with E-state index in [2.05, 4.69) is 4.98 Å². The fraction of sp³-hybridized carbons (Fsp3) is 0.400. The van der Waals surface area contributed by atoms with E-state index in [1.54, 1.807) is 12.1 Å². The molecule has 2 atom stereocenters. The molecule has 0 saturated carbocycles. The van der Waals surface area contributed by atoms with E-state index < -0.39 is 5.97 Å². The Morgan fingerprint density at radius 3 is 3.07 bits per heavy atom. The number of nitrogens with zero attached hydrogens (tertiary/aromatic N) is 1. The molecule has 2 heterocycles. The molecule has 1 aromatic heterocycles. The number of aliphatic carboxylic acids is 1. The van der Waals surface area contributed by atoms with Crippen LogP contribution in [0, 0.1) is 0 Å². The lowest BCUT2D eigenvalue weighted by Gasteiger charge is -2.10. The third-order valence-electron chi connectivity index (χ3n) is 2.48. The molecule has 0 fully saturated rings. The fourth-order valence-corrected chi connectivity index (χ4v) is 1.91. The van der Waals surface area contributed by atoms with Gasteiger partial charge in [-0.05, 0) is 19.1 Å². The van der Waals surface area contributed by atoms with Gasteiger partial charge in [-0.15, -0.1) is 0 Å². The van der Waals surface area contributed by atoms with Gasteiger partial charge in [-0.2, -0.15) is 0 Å². The molecular weight excluding hydrogens is 218 g/mol. The van der Waals surface area contributed by atoms with Crippen molar-refractivity contribution in [2.24, 2.45) is 0 Å². The number of aromatic nitrogens is 1. The van der Waals surface area contributed by atoms with Gasteiger partial charge in [0.15, 0.2) is 0 Å². The zero-order chi connectivity index (χ0) is 11.0. The standard InChI is InChI=1S/C10H10ClNO3/c1-5-6(4-9(13)14)10-7(15-5)2-3-8(11)12-10/h2-3,5-6H,4H2,1H3,(H,13,14)/t5-,6-/m1/s1. The molecule has 1 aliphatic rings. The molecule has 1 N–H and O–H groups in total. The zero-order valence-electron chi connectivity index (χ0n) is 8.11. The van der Waals surface area contributed by atoms with Gasteiger partial charge >= 0.3 is 5.97 Å². The van der Waals surface area contributed by atoms with E-state index in [-0.39, 0.29) is 18.4 Å². The minimum absolute atomic E-state index is 0.0154. The Balaban J connectivity index is 2.35. The lowest BCUT2D eigenvalue weighted by atomic mass is 9.97. The van der Waals surface area contributed by atoms with E-state index in [1.165, 1.54) is 0 Å². The Morgan fingerprint density at radius 2 is 2.40 bits per heavy atom. The summed E-state index contributed by atoms with van der Waals surface area (Å²) in [6.45, 7) is 1.84. The third-order valence-corrected chi connectivity index (χ3v) is 2.69. The number of ether oxygens (including phenoxy) is 1. The first-order chi connectivity index (χ1) is 7.08. The first-order valence-corrected chi connectivity index (χ1v) is 5.00. The van der Waals surface area contributed by atoms with Gasteiger partial charge in [0.25, 0.3) is 0 Å². The molecule has 0 unspecified atom stereocenters. The number of carboxylic acid groups (broad SMARTS) is 1. The van der Waals surface area contributed by atoms with Gasteiger partial charge < -0.3 is 9.84 Å². The molecule has 1 aromatic rings. The Morgan fingerprint density at radius 1 is 1.67 bits per heavy atom. The van der Waals surface area contributed by atoms with E-state index in [1.807, 2.05) is 6.92 Å². The molecule has 0 aliphatic carbocycles. The van der Waals surface area contributed by atoms with Crippen LogP contribution in [-0.2, 0) is 4.79 Å². The van der Waals surface area contributed by atoms with Crippen LogP contribution in [-0.4, -0.2) is 22.2 Å². The lowest BCUT2D eigenvalue weighted by Crippen LogP contribution is -2.17. The van der Waals surface area contributed by atoms with Crippen LogP contribution in [0.1, 0.15) is 25.0 Å². The zero-order valence-corrected chi connectivity index (χ0v) is 8.86. The molecule has 0 saturated heterocycles. The molecule has 4 nitrogen and oxygen atoms in total. The molecular formula is C10H10ClNO3. The van der Waals surface area contributed by atoms with Crippen molar-refractivity contribution >= 4 is 17.6 Å². The summed E-state index contributed by atoms with van der Waals surface area (Å²) in [5.74, 6) is -0.431. The molecule has 2 rings (SSSR count). The minimum atomic E-state index is -0.856. The van der Waals surface area contributed by atoms with E-state index in [4.69, 9.17) is 21.4 Å². The minimum Gasteiger partial charge on any atom is -0.488 e. The van der Waals surface area contributed by atoms with Crippen LogP contribution in [0.15, 0.2) is 12.1 Å². The summed E-state index contributed by atoms with van der Waals surface area (Å²) in [5, 5.41) is 9.13. The highest BCUT2D eigenvalue weighted by Gasteiger charge is 2.34. The maximum atomic E-state index is 10.7. The van der Waals surface area contributed by atoms with E-state index >= 15 is 0 Å². The molecule has 0 bridgehead atoms. The Kier molecular flexibility index (Phi) is 2.52. The summed E-state index contributed by atoms with van der Waals surface area (Å²) in [6.07, 6.45) is -0.149. The summed E-state index contributed by atoms with van der Waals surface area (Å²) in [5.41, 5.74) is 0.650. The average molecular weight is 228 g/mol. The van der Waals surface area contributed by atoms with Crippen LogP contribution in [0.25, 0.3) is 0 Å². The number of rotatable bonds is 2. The molecule has 80 valence electrons. The summed E-state index contributed by atoms with van der Waals surface area (Å²) in [4.78, 5) is 14.8. The van der Waals surface area contributed by atoms with Gasteiger partial charge in [0.2, 0.25) is 0 Å². The number of fused-ring (bicyclic) bond motifs is 1. The average Bonchev–Trinajstić information content (AvgIpc) is 2.43. The SMILES string of the molecule is C[C@H]1Oc2ccc(Cl)nc2[C@@H]1CC(=O)O. The molecule has 0 aromatic carbocycles. The van der Waals surface area contributed by atoms with Crippen LogP contribution in [0.3, 0.4) is 0 Å². The van der Waals surface area contributed by atoms with E-state index in [0.717, 1.165) is 0 Å². The molecule has 0 radical (unpaired) electrons. The lowest BCUT2D eigenvalue weighted by molar-refractivity contribution is -0.137. The van der Waals surface area contributed by atoms with Crippen LogP contribution >= 0.6 is 11.6 Å². The van der Waals surface area contributed by atoms with Crippen molar-refractivity contribution in [3.63, 3.8) is 0 Å². The second kappa shape index (κ2) is 3.70. The van der Waals surface area contributed by atoms with E-state index in [0.29, 0.717) is 16.6 Å². The summed E-state index contributed by atoms with van der Waals surface area (Å²) < 4.78 is 5.49. The highest BCUT2D eigenvalue weighted by Crippen LogP contribution is 2.39. The van der Waals surface area contributed by atoms with Gasteiger partial charge in [-0.1, -0.05) is 11.6 Å². The number of hydrogen-bond acceptors (Lipinski definition) is 3. The predicted molar refractivity (Wildman–Crippen MR) is 54.3 cm³/mol. The van der Waals surface area contributed by atoms with Crippen LogP contribution in [0.4, 0.5) is 0 Å². The second-order valence-electron chi connectivity index (χ2n) is 3.54. The van der Waals surface area contributed by atoms with Crippen molar-refractivity contribution in [1.82, 2.24) is 4.98 Å². The number of carbonyl (C=O) groups is 1. The maximum absolute atomic E-state index is 10.7. The first-order valence-electron chi connectivity index (χ1n) is 4.63. The Bertz CT molecular complexity index is 408. The van der Waals surface area contributed by atoms with Gasteiger partial charge in [0.1, 0.15) is 17.0 Å². The normalized spacial score (nSPS) is 23.3. The highest BCUT2D eigenvalue weighted by molar-refractivity contribution is 6.29. The van der Waals surface area contributed by atoms with Crippen molar-refractivity contribution in [2.75, 3.05) is 0 Å². The first kappa shape index (κ1) is 10.2. The molecule has 5 heteroatoms. The van der Waals surface area contributed by atoms with Crippen molar-refractivity contribution in [1.29, 1.82) is 0 Å². The summed E-state index contributed by atoms with van der Waals surface area (Å²) in [6, 6.07) is 3.36. The van der Waals surface area contributed by atoms with E-state index in [9.17, 15) is 4.79 Å². The summed E-state index contributed by atoms with van der Waals surface area (Å²) >= 11 is 5.76. The molecule has 1 aliphatic heterocycles. The number of halogens is 1. The van der Waals surface area contributed by atoms with Crippen LogP contribution < -0.4 is 4.74 Å². The van der Waals surface area contributed by atoms with Crippen molar-refractivity contribution in [3.05, 3.63) is 23.0 Å². The van der Waals surface area contributed by atoms with Crippen molar-refractivity contribution < 1.29 is 14.6 Å².